The van der Waals surface area contributed by atoms with Gasteiger partial charge in [-0.25, -0.2) is 4.39 Å². The summed E-state index contributed by atoms with van der Waals surface area (Å²) in [5.74, 6) is 0. The van der Waals surface area contributed by atoms with Crippen molar-refractivity contribution in [3.8, 4) is 0 Å². The van der Waals surface area contributed by atoms with Gasteiger partial charge in [-0.3, -0.25) is 4.68 Å². The molecule has 2 rings (SSSR count). The Morgan fingerprint density at radius 1 is 1.62 bits per heavy atom. The van der Waals surface area contributed by atoms with Crippen molar-refractivity contribution in [3.05, 3.63) is 16.4 Å². The molecule has 16 heavy (non-hydrogen) atoms. The highest BCUT2D eigenvalue weighted by Gasteiger charge is 2.44. The molecule has 2 N–H and O–H groups in total. The second-order valence-electron chi connectivity index (χ2n) is 4.68. The maximum absolute atomic E-state index is 14.1. The molecule has 1 heterocycles. The molecule has 1 aliphatic rings. The highest BCUT2D eigenvalue weighted by molar-refractivity contribution is 6.31. The van der Waals surface area contributed by atoms with E-state index >= 15 is 0 Å². The Balaban J connectivity index is 2.18. The molecule has 0 bridgehead atoms. The van der Waals surface area contributed by atoms with Crippen LogP contribution in [0.5, 0.6) is 0 Å². The number of rotatable bonds is 3. The Hall–Kier alpha value is -0.610. The van der Waals surface area contributed by atoms with Crippen molar-refractivity contribution in [3.63, 3.8) is 0 Å². The summed E-state index contributed by atoms with van der Waals surface area (Å²) in [7, 11) is 1.81. The number of hydrogen-bond donors (Lipinski definition) is 1. The second-order valence-corrected chi connectivity index (χ2v) is 5.06. The first-order valence-electron chi connectivity index (χ1n) is 5.60. The van der Waals surface area contributed by atoms with Gasteiger partial charge in [0.2, 0.25) is 0 Å². The lowest BCUT2D eigenvalue weighted by atomic mass is 9.75. The molecule has 0 saturated heterocycles. The van der Waals surface area contributed by atoms with Gasteiger partial charge in [-0.1, -0.05) is 18.5 Å². The van der Waals surface area contributed by atoms with E-state index in [0.29, 0.717) is 24.3 Å². The van der Waals surface area contributed by atoms with Crippen LogP contribution in [0.3, 0.4) is 0 Å². The average Bonchev–Trinajstić information content (AvgIpc) is 2.43. The zero-order valence-electron chi connectivity index (χ0n) is 9.63. The third kappa shape index (κ3) is 1.96. The van der Waals surface area contributed by atoms with E-state index in [1.807, 2.05) is 14.0 Å². The van der Waals surface area contributed by atoms with E-state index < -0.39 is 5.67 Å². The van der Waals surface area contributed by atoms with Crippen molar-refractivity contribution in [2.45, 2.75) is 44.3 Å². The summed E-state index contributed by atoms with van der Waals surface area (Å²) in [6.07, 6.45) is 1.94. The van der Waals surface area contributed by atoms with Gasteiger partial charge in [-0.15, -0.1) is 0 Å². The zero-order valence-corrected chi connectivity index (χ0v) is 10.4. The fourth-order valence-corrected chi connectivity index (χ4v) is 2.70. The molecule has 0 unspecified atom stereocenters. The SMILES string of the molecule is CCc1nn(C)c(CC2(F)CC(N)C2)c1Cl. The highest BCUT2D eigenvalue weighted by atomic mass is 35.5. The van der Waals surface area contributed by atoms with Gasteiger partial charge >= 0.3 is 0 Å². The van der Waals surface area contributed by atoms with Crippen molar-refractivity contribution >= 4 is 11.6 Å². The summed E-state index contributed by atoms with van der Waals surface area (Å²) < 4.78 is 15.8. The monoisotopic (exact) mass is 245 g/mol. The highest BCUT2D eigenvalue weighted by Crippen LogP contribution is 2.39. The van der Waals surface area contributed by atoms with Crippen LogP contribution in [-0.4, -0.2) is 21.5 Å². The Morgan fingerprint density at radius 3 is 2.69 bits per heavy atom. The van der Waals surface area contributed by atoms with Crippen LogP contribution in [0.1, 0.15) is 31.2 Å². The zero-order chi connectivity index (χ0) is 11.9. The van der Waals surface area contributed by atoms with Gasteiger partial charge in [0.25, 0.3) is 0 Å². The van der Waals surface area contributed by atoms with E-state index in [1.54, 1.807) is 4.68 Å². The van der Waals surface area contributed by atoms with E-state index in [4.69, 9.17) is 17.3 Å². The largest absolute Gasteiger partial charge is 0.327 e. The van der Waals surface area contributed by atoms with Crippen LogP contribution in [0, 0.1) is 0 Å². The topological polar surface area (TPSA) is 43.8 Å². The molecule has 3 nitrogen and oxygen atoms in total. The molecule has 5 heteroatoms. The van der Waals surface area contributed by atoms with Crippen LogP contribution in [-0.2, 0) is 19.9 Å². The Labute approximate surface area is 99.8 Å². The van der Waals surface area contributed by atoms with E-state index in [0.717, 1.165) is 17.8 Å². The molecular formula is C11H17ClFN3. The molecule has 1 saturated carbocycles. The fourth-order valence-electron chi connectivity index (χ4n) is 2.34. The number of nitrogens with zero attached hydrogens (tertiary/aromatic N) is 2. The van der Waals surface area contributed by atoms with Gasteiger partial charge in [-0.2, -0.15) is 5.10 Å². The molecule has 0 amide bonds. The predicted molar refractivity (Wildman–Crippen MR) is 62.3 cm³/mol. The molecule has 1 aromatic rings. The van der Waals surface area contributed by atoms with Crippen LogP contribution in [0.4, 0.5) is 4.39 Å². The third-order valence-electron chi connectivity index (χ3n) is 3.24. The van der Waals surface area contributed by atoms with Crippen molar-refractivity contribution in [2.75, 3.05) is 0 Å². The first-order valence-corrected chi connectivity index (χ1v) is 5.98. The summed E-state index contributed by atoms with van der Waals surface area (Å²) in [5, 5.41) is 4.89. The van der Waals surface area contributed by atoms with Gasteiger partial charge in [0.15, 0.2) is 0 Å². The molecule has 0 radical (unpaired) electrons. The maximum atomic E-state index is 14.1. The molecule has 1 aromatic heterocycles. The van der Waals surface area contributed by atoms with Crippen molar-refractivity contribution in [2.24, 2.45) is 12.8 Å². The predicted octanol–water partition coefficient (Wildman–Crippen LogP) is 2.01. The van der Waals surface area contributed by atoms with Crippen LogP contribution >= 0.6 is 11.6 Å². The van der Waals surface area contributed by atoms with E-state index in [-0.39, 0.29) is 6.04 Å². The van der Waals surface area contributed by atoms with Crippen LogP contribution in [0.2, 0.25) is 5.02 Å². The number of aromatic nitrogens is 2. The quantitative estimate of drug-likeness (QED) is 0.885. The third-order valence-corrected chi connectivity index (χ3v) is 3.68. The lowest BCUT2D eigenvalue weighted by molar-refractivity contribution is 0.0426. The van der Waals surface area contributed by atoms with E-state index in [2.05, 4.69) is 5.10 Å². The Kier molecular flexibility index (Phi) is 2.97. The van der Waals surface area contributed by atoms with Crippen molar-refractivity contribution in [1.29, 1.82) is 0 Å². The van der Waals surface area contributed by atoms with Crippen molar-refractivity contribution in [1.82, 2.24) is 9.78 Å². The van der Waals surface area contributed by atoms with Gasteiger partial charge < -0.3 is 5.73 Å². The van der Waals surface area contributed by atoms with Crippen LogP contribution in [0.25, 0.3) is 0 Å². The van der Waals surface area contributed by atoms with Gasteiger partial charge in [-0.05, 0) is 19.3 Å². The first kappa shape index (κ1) is 11.9. The van der Waals surface area contributed by atoms with E-state index in [9.17, 15) is 4.39 Å². The maximum Gasteiger partial charge on any atom is 0.119 e. The molecule has 0 atom stereocenters. The van der Waals surface area contributed by atoms with Crippen LogP contribution < -0.4 is 5.73 Å². The molecule has 0 aromatic carbocycles. The first-order chi connectivity index (χ1) is 7.45. The second kappa shape index (κ2) is 4.00. The van der Waals surface area contributed by atoms with Gasteiger partial charge in [0.05, 0.1) is 16.4 Å². The minimum absolute atomic E-state index is 0.00245. The fraction of sp³-hybridized carbons (Fsp3) is 0.727. The average molecular weight is 246 g/mol. The van der Waals surface area contributed by atoms with E-state index in [1.165, 1.54) is 0 Å². The lowest BCUT2D eigenvalue weighted by Gasteiger charge is -2.39. The molecular weight excluding hydrogens is 229 g/mol. The number of halogens is 2. The number of aryl methyl sites for hydroxylation is 2. The van der Waals surface area contributed by atoms with Gasteiger partial charge in [0, 0.05) is 19.5 Å². The Bertz CT molecular complexity index is 396. The summed E-state index contributed by atoms with van der Waals surface area (Å²) in [5.41, 5.74) is 6.07. The summed E-state index contributed by atoms with van der Waals surface area (Å²) >= 11 is 6.17. The van der Waals surface area contributed by atoms with Gasteiger partial charge in [0.1, 0.15) is 5.67 Å². The molecule has 1 aliphatic carbocycles. The summed E-state index contributed by atoms with van der Waals surface area (Å²) in [6, 6.07) is 0.00245. The molecule has 1 fully saturated rings. The smallest absolute Gasteiger partial charge is 0.119 e. The summed E-state index contributed by atoms with van der Waals surface area (Å²) in [4.78, 5) is 0. The van der Waals surface area contributed by atoms with Crippen LogP contribution in [0.15, 0.2) is 0 Å². The molecule has 90 valence electrons. The minimum atomic E-state index is -1.18. The molecule has 0 spiro atoms. The number of nitrogens with two attached hydrogens (primary N) is 1. The normalized spacial score (nSPS) is 29.2. The van der Waals surface area contributed by atoms with Crippen molar-refractivity contribution < 1.29 is 4.39 Å². The minimum Gasteiger partial charge on any atom is -0.327 e. The number of alkyl halides is 1. The summed E-state index contributed by atoms with van der Waals surface area (Å²) in [6.45, 7) is 1.99. The molecule has 0 aliphatic heterocycles. The lowest BCUT2D eigenvalue weighted by Crippen LogP contribution is -2.50. The Morgan fingerprint density at radius 2 is 2.25 bits per heavy atom. The standard InChI is InChI=1S/C11H17ClFN3/c1-3-8-10(12)9(16(2)15-8)6-11(13)4-7(14)5-11/h7H,3-6,14H2,1-2H3. The number of hydrogen-bond acceptors (Lipinski definition) is 2.